The van der Waals surface area contributed by atoms with Crippen molar-refractivity contribution in [2.24, 2.45) is 34.7 Å². The maximum Gasteiger partial charge on any atom is 0.305 e. The van der Waals surface area contributed by atoms with E-state index in [1.165, 1.54) is 41.2 Å². The lowest BCUT2D eigenvalue weighted by molar-refractivity contribution is -0.143. The summed E-state index contributed by atoms with van der Waals surface area (Å²) in [4.78, 5) is 57.9. The Kier molecular flexibility index (Phi) is 6.78. The van der Waals surface area contributed by atoms with Gasteiger partial charge in [0.05, 0.1) is 21.8 Å². The van der Waals surface area contributed by atoms with E-state index in [0.29, 0.717) is 5.69 Å². The quantitative estimate of drug-likeness (QED) is 0.356. The fourth-order valence-corrected chi connectivity index (χ4v) is 11.3. The second-order valence-electron chi connectivity index (χ2n) is 13.2. The normalized spacial score (nSPS) is 29.0. The van der Waals surface area contributed by atoms with E-state index in [4.69, 9.17) is 5.14 Å². The number of benzene rings is 2. The fraction of sp³-hybridized carbons (Fsp3) is 0.419. The zero-order valence-electron chi connectivity index (χ0n) is 24.3. The number of imide groups is 1. The number of amides is 3. The van der Waals surface area contributed by atoms with Gasteiger partial charge in [0.25, 0.3) is 0 Å². The molecule has 3 aromatic rings. The Morgan fingerprint density at radius 3 is 2.25 bits per heavy atom. The Bertz CT molecular complexity index is 1860. The number of H-pyrrole nitrogens is 1. The number of nitrogens with zero attached hydrogens (tertiary/aromatic N) is 1. The van der Waals surface area contributed by atoms with Crippen LogP contribution in [-0.4, -0.2) is 47.8 Å². The Labute approximate surface area is 262 Å². The molecule has 4 N–H and O–H groups in total. The molecule has 1 saturated heterocycles. The van der Waals surface area contributed by atoms with Gasteiger partial charge in [-0.2, -0.15) is 0 Å². The third kappa shape index (κ3) is 4.67. The van der Waals surface area contributed by atoms with Gasteiger partial charge in [-0.1, -0.05) is 56.4 Å². The van der Waals surface area contributed by atoms with Crippen LogP contribution in [0.3, 0.4) is 0 Å². The summed E-state index contributed by atoms with van der Waals surface area (Å²) >= 11 is 2.86. The van der Waals surface area contributed by atoms with Gasteiger partial charge in [-0.25, -0.2) is 13.6 Å². The monoisotopic (exact) mass is 652 g/mol. The Morgan fingerprint density at radius 2 is 1.64 bits per heavy atom. The van der Waals surface area contributed by atoms with E-state index in [-0.39, 0.29) is 55.9 Å². The van der Waals surface area contributed by atoms with Crippen molar-refractivity contribution in [3.8, 4) is 0 Å². The number of nitrogens with two attached hydrogens (primary N) is 1. The standard InChI is InChI=1S/C31H32N4O6S3/c1-31(2,3)15-6-4-14(5-7-15)21-22-18-12-19(25(22)42-27-26(21)43-30(39)34-27)24-23(18)28(37)35(29(24)38)13-20(36)33-16-8-10-17(11-9-16)44(32,40)41/h4-11,18-19,21-25H,12-13H2,1-3H3,(H,33,36)(H,34,39)(H2,32,40,41). The summed E-state index contributed by atoms with van der Waals surface area (Å²) in [7, 11) is -3.88. The van der Waals surface area contributed by atoms with Gasteiger partial charge < -0.3 is 10.3 Å². The predicted octanol–water partition coefficient (Wildman–Crippen LogP) is 3.49. The smallest absolute Gasteiger partial charge is 0.305 e. The maximum atomic E-state index is 13.8. The van der Waals surface area contributed by atoms with Crippen molar-refractivity contribution in [2.75, 3.05) is 11.9 Å². The Hall–Kier alpha value is -3.26. The lowest BCUT2D eigenvalue weighted by Gasteiger charge is -2.43. The van der Waals surface area contributed by atoms with Crippen LogP contribution < -0.4 is 15.3 Å². The van der Waals surface area contributed by atoms with Gasteiger partial charge in [-0.3, -0.25) is 24.1 Å². The molecular weight excluding hydrogens is 621 g/mol. The molecule has 3 fully saturated rings. The van der Waals surface area contributed by atoms with Crippen LogP contribution in [0.1, 0.15) is 49.1 Å². The van der Waals surface area contributed by atoms with Gasteiger partial charge in [0.2, 0.25) is 27.7 Å². The average molecular weight is 653 g/mol. The predicted molar refractivity (Wildman–Crippen MR) is 167 cm³/mol. The van der Waals surface area contributed by atoms with E-state index in [2.05, 4.69) is 55.3 Å². The zero-order chi connectivity index (χ0) is 31.3. The van der Waals surface area contributed by atoms with Crippen LogP contribution in [0.25, 0.3) is 0 Å². The number of sulfonamides is 1. The molecule has 2 aliphatic heterocycles. The van der Waals surface area contributed by atoms with Crippen molar-refractivity contribution < 1.29 is 22.8 Å². The number of thiazole rings is 1. The van der Waals surface area contributed by atoms with Crippen molar-refractivity contribution in [3.63, 3.8) is 0 Å². The molecule has 3 amide bonds. The minimum absolute atomic E-state index is 0.00582. The molecule has 7 unspecified atom stereocenters. The number of hydrogen-bond donors (Lipinski definition) is 3. The molecule has 7 atom stereocenters. The van der Waals surface area contributed by atoms with Crippen molar-refractivity contribution in [3.05, 3.63) is 74.2 Å². The number of fused-ring (bicyclic) bond motifs is 9. The third-order valence-electron chi connectivity index (χ3n) is 9.72. The van der Waals surface area contributed by atoms with Gasteiger partial charge >= 0.3 is 4.87 Å². The van der Waals surface area contributed by atoms with Crippen molar-refractivity contribution >= 4 is 56.5 Å². The molecular formula is C31H32N4O6S3. The summed E-state index contributed by atoms with van der Waals surface area (Å²) in [5.41, 5.74) is 2.64. The second-order valence-corrected chi connectivity index (χ2v) is 17.0. The van der Waals surface area contributed by atoms with E-state index >= 15 is 0 Å². The number of carbonyl (C=O) groups is 3. The highest BCUT2D eigenvalue weighted by atomic mass is 32.2. The first kappa shape index (κ1) is 29.5. The molecule has 0 radical (unpaired) electrons. The second kappa shape index (κ2) is 10.1. The summed E-state index contributed by atoms with van der Waals surface area (Å²) in [6, 6.07) is 13.9. The van der Waals surface area contributed by atoms with Gasteiger partial charge in [-0.15, -0.1) is 11.8 Å². The first-order valence-electron chi connectivity index (χ1n) is 14.5. The molecule has 1 aromatic heterocycles. The van der Waals surface area contributed by atoms with E-state index in [1.807, 2.05) is 0 Å². The van der Waals surface area contributed by atoms with Crippen molar-refractivity contribution in [2.45, 2.75) is 53.7 Å². The van der Waals surface area contributed by atoms with Crippen LogP contribution in [-0.2, 0) is 29.8 Å². The lowest BCUT2D eigenvalue weighted by Crippen LogP contribution is -2.42. The average Bonchev–Trinajstić information content (AvgIpc) is 3.68. The SMILES string of the molecule is CC(C)(C)c1ccc(C2c3sc(=O)[nH]c3SC3C4CC(C5C(=O)N(CC(=O)Nc6ccc(S(N)(=O)=O)cc6)C(=O)C45)C23)cc1. The molecule has 44 heavy (non-hydrogen) atoms. The van der Waals surface area contributed by atoms with Crippen LogP contribution in [0.2, 0.25) is 0 Å². The van der Waals surface area contributed by atoms with Crippen molar-refractivity contribution in [1.82, 2.24) is 9.88 Å². The number of hydrogen-bond acceptors (Lipinski definition) is 8. The highest BCUT2D eigenvalue weighted by Gasteiger charge is 2.69. The summed E-state index contributed by atoms with van der Waals surface area (Å²) in [5.74, 6) is -2.24. The topological polar surface area (TPSA) is 160 Å². The Balaban J connectivity index is 1.15. The third-order valence-corrected chi connectivity index (χ3v) is 13.2. The van der Waals surface area contributed by atoms with E-state index in [9.17, 15) is 27.6 Å². The van der Waals surface area contributed by atoms with Crippen LogP contribution in [0.15, 0.2) is 63.2 Å². The molecule has 13 heteroatoms. The van der Waals surface area contributed by atoms with Crippen LogP contribution in [0, 0.1) is 29.6 Å². The number of likely N-dealkylation sites (tertiary alicyclic amines) is 1. The Morgan fingerprint density at radius 1 is 1.00 bits per heavy atom. The molecule has 10 nitrogen and oxygen atoms in total. The van der Waals surface area contributed by atoms with E-state index < -0.39 is 34.3 Å². The number of aromatic amines is 1. The van der Waals surface area contributed by atoms with Gasteiger partial charge in [0.1, 0.15) is 6.54 Å². The molecule has 2 saturated carbocycles. The van der Waals surface area contributed by atoms with E-state index in [1.54, 1.807) is 11.8 Å². The maximum absolute atomic E-state index is 13.8. The molecule has 2 bridgehead atoms. The minimum Gasteiger partial charge on any atom is -0.325 e. The summed E-state index contributed by atoms with van der Waals surface area (Å²) in [5, 5.41) is 8.70. The molecule has 230 valence electrons. The summed E-state index contributed by atoms with van der Waals surface area (Å²) < 4.78 is 23.0. The van der Waals surface area contributed by atoms with Gasteiger partial charge in [0, 0.05) is 21.7 Å². The summed E-state index contributed by atoms with van der Waals surface area (Å²) in [6.07, 6.45) is 0.765. The molecule has 2 aliphatic carbocycles. The molecule has 4 aliphatic rings. The largest absolute Gasteiger partial charge is 0.325 e. The number of primary sulfonamides is 1. The highest BCUT2D eigenvalue weighted by molar-refractivity contribution is 8.00. The van der Waals surface area contributed by atoms with Gasteiger partial charge in [0.15, 0.2) is 0 Å². The first-order valence-corrected chi connectivity index (χ1v) is 17.7. The number of anilines is 1. The molecule has 0 spiro atoms. The summed E-state index contributed by atoms with van der Waals surface area (Å²) in [6.45, 7) is 6.09. The number of thioether (sulfide) groups is 1. The molecule has 2 aromatic carbocycles. The lowest BCUT2D eigenvalue weighted by atomic mass is 9.68. The van der Waals surface area contributed by atoms with Gasteiger partial charge in [-0.05, 0) is 65.0 Å². The minimum atomic E-state index is -3.88. The number of rotatable bonds is 5. The van der Waals surface area contributed by atoms with E-state index in [0.717, 1.165) is 26.8 Å². The van der Waals surface area contributed by atoms with Crippen LogP contribution >= 0.6 is 23.1 Å². The first-order chi connectivity index (χ1) is 20.7. The number of aromatic nitrogens is 1. The zero-order valence-corrected chi connectivity index (χ0v) is 26.7. The number of nitrogens with one attached hydrogen (secondary N) is 2. The molecule has 7 rings (SSSR count). The van der Waals surface area contributed by atoms with Crippen molar-refractivity contribution in [1.29, 1.82) is 0 Å². The number of carbonyl (C=O) groups excluding carboxylic acids is 3. The van der Waals surface area contributed by atoms with Crippen LogP contribution in [0.5, 0.6) is 0 Å². The highest BCUT2D eigenvalue weighted by Crippen LogP contribution is 2.68. The molecule has 3 heterocycles. The van der Waals surface area contributed by atoms with Crippen LogP contribution in [0.4, 0.5) is 5.69 Å². The fourth-order valence-electron chi connectivity index (χ4n) is 7.87.